The van der Waals surface area contributed by atoms with Gasteiger partial charge in [0, 0.05) is 5.56 Å². The van der Waals surface area contributed by atoms with E-state index in [4.69, 9.17) is 10.5 Å². The van der Waals surface area contributed by atoms with E-state index in [0.29, 0.717) is 11.3 Å². The van der Waals surface area contributed by atoms with Gasteiger partial charge < -0.3 is 15.6 Å². The first-order valence-corrected chi connectivity index (χ1v) is 4.29. The molecule has 0 radical (unpaired) electrons. The quantitative estimate of drug-likeness (QED) is 0.739. The normalized spacial score (nSPS) is 12.1. The number of carbonyl (C=O) groups is 1. The van der Waals surface area contributed by atoms with Crippen LogP contribution in [0.2, 0.25) is 0 Å². The van der Waals surface area contributed by atoms with Gasteiger partial charge in [-0.25, -0.2) is 0 Å². The molecule has 0 fully saturated rings. The van der Waals surface area contributed by atoms with Crippen molar-refractivity contribution in [3.63, 3.8) is 0 Å². The molecule has 0 aliphatic heterocycles. The van der Waals surface area contributed by atoms with E-state index >= 15 is 0 Å². The van der Waals surface area contributed by atoms with E-state index < -0.39 is 12.0 Å². The van der Waals surface area contributed by atoms with Crippen molar-refractivity contribution in [2.75, 3.05) is 6.61 Å². The third-order valence-electron chi connectivity index (χ3n) is 1.74. The van der Waals surface area contributed by atoms with Crippen molar-refractivity contribution in [2.45, 2.75) is 13.0 Å². The van der Waals surface area contributed by atoms with Crippen LogP contribution in [0.5, 0.6) is 5.75 Å². The molecule has 0 saturated heterocycles. The molecule has 1 atom stereocenters. The standard InChI is InChI=1S/C10H13NO3/c1-7(12)8-4-2-3-5-9(8)14-6-10(11)13/h2-5,7,12H,6H2,1H3,(H2,11,13)/t7-/m0/s1. The Kier molecular flexibility index (Phi) is 3.48. The number of nitrogens with two attached hydrogens (primary N) is 1. The molecule has 1 amide bonds. The Morgan fingerprint density at radius 3 is 2.79 bits per heavy atom. The summed E-state index contributed by atoms with van der Waals surface area (Å²) in [5, 5.41) is 9.37. The molecule has 0 heterocycles. The highest BCUT2D eigenvalue weighted by Crippen LogP contribution is 2.24. The molecule has 4 heteroatoms. The Bertz CT molecular complexity index is 323. The van der Waals surface area contributed by atoms with Crippen LogP contribution in [0.3, 0.4) is 0 Å². The zero-order chi connectivity index (χ0) is 10.6. The lowest BCUT2D eigenvalue weighted by molar-refractivity contribution is -0.120. The zero-order valence-corrected chi connectivity index (χ0v) is 7.93. The maximum Gasteiger partial charge on any atom is 0.255 e. The van der Waals surface area contributed by atoms with Gasteiger partial charge in [0.1, 0.15) is 5.75 Å². The minimum Gasteiger partial charge on any atom is -0.483 e. The first-order chi connectivity index (χ1) is 6.61. The molecule has 0 aliphatic rings. The molecule has 1 aromatic carbocycles. The maximum atomic E-state index is 10.5. The topological polar surface area (TPSA) is 72.6 Å². The molecule has 0 bridgehead atoms. The number of ether oxygens (including phenoxy) is 1. The predicted molar refractivity (Wildman–Crippen MR) is 51.8 cm³/mol. The van der Waals surface area contributed by atoms with E-state index in [1.165, 1.54) is 0 Å². The molecule has 4 nitrogen and oxygen atoms in total. The highest BCUT2D eigenvalue weighted by atomic mass is 16.5. The van der Waals surface area contributed by atoms with E-state index in [1.54, 1.807) is 31.2 Å². The van der Waals surface area contributed by atoms with Crippen LogP contribution in [0.4, 0.5) is 0 Å². The summed E-state index contributed by atoms with van der Waals surface area (Å²) in [4.78, 5) is 10.5. The number of benzene rings is 1. The monoisotopic (exact) mass is 195 g/mol. The predicted octanol–water partition coefficient (Wildman–Crippen LogP) is 0.604. The molecule has 1 aromatic rings. The van der Waals surface area contributed by atoms with Crippen LogP contribution in [0.15, 0.2) is 24.3 Å². The third-order valence-corrected chi connectivity index (χ3v) is 1.74. The number of carbonyl (C=O) groups excluding carboxylic acids is 1. The summed E-state index contributed by atoms with van der Waals surface area (Å²) in [6.07, 6.45) is -0.626. The summed E-state index contributed by atoms with van der Waals surface area (Å²) in [6, 6.07) is 6.98. The van der Waals surface area contributed by atoms with E-state index in [1.807, 2.05) is 0 Å². The summed E-state index contributed by atoms with van der Waals surface area (Å²) in [5.41, 5.74) is 5.59. The van der Waals surface area contributed by atoms with Crippen molar-refractivity contribution < 1.29 is 14.6 Å². The lowest BCUT2D eigenvalue weighted by atomic mass is 10.1. The van der Waals surface area contributed by atoms with Crippen LogP contribution in [-0.4, -0.2) is 17.6 Å². The maximum absolute atomic E-state index is 10.5. The summed E-state index contributed by atoms with van der Waals surface area (Å²) in [6.45, 7) is 1.45. The number of hydrogen-bond donors (Lipinski definition) is 2. The highest BCUT2D eigenvalue weighted by molar-refractivity contribution is 5.75. The van der Waals surface area contributed by atoms with Crippen molar-refractivity contribution in [3.8, 4) is 5.75 Å². The fourth-order valence-electron chi connectivity index (χ4n) is 1.11. The van der Waals surface area contributed by atoms with Crippen molar-refractivity contribution in [1.82, 2.24) is 0 Å². The lowest BCUT2D eigenvalue weighted by Crippen LogP contribution is -2.20. The van der Waals surface area contributed by atoms with Crippen LogP contribution in [0.1, 0.15) is 18.6 Å². The van der Waals surface area contributed by atoms with Crippen molar-refractivity contribution >= 4 is 5.91 Å². The van der Waals surface area contributed by atoms with E-state index in [-0.39, 0.29) is 6.61 Å². The van der Waals surface area contributed by atoms with Crippen molar-refractivity contribution in [2.24, 2.45) is 5.73 Å². The number of hydrogen-bond acceptors (Lipinski definition) is 3. The SMILES string of the molecule is C[C@H](O)c1ccccc1OCC(N)=O. The van der Waals surface area contributed by atoms with Crippen LogP contribution >= 0.6 is 0 Å². The second-order valence-electron chi connectivity index (χ2n) is 2.97. The smallest absolute Gasteiger partial charge is 0.255 e. The molecule has 1 rings (SSSR count). The van der Waals surface area contributed by atoms with Crippen LogP contribution in [-0.2, 0) is 4.79 Å². The van der Waals surface area contributed by atoms with Crippen LogP contribution < -0.4 is 10.5 Å². The van der Waals surface area contributed by atoms with Gasteiger partial charge in [-0.3, -0.25) is 4.79 Å². The van der Waals surface area contributed by atoms with Crippen molar-refractivity contribution in [1.29, 1.82) is 0 Å². The largest absolute Gasteiger partial charge is 0.483 e. The lowest BCUT2D eigenvalue weighted by Gasteiger charge is -2.11. The molecular formula is C10H13NO3. The molecular weight excluding hydrogens is 182 g/mol. The first kappa shape index (κ1) is 10.5. The third kappa shape index (κ3) is 2.74. The van der Waals surface area contributed by atoms with Crippen molar-refractivity contribution in [3.05, 3.63) is 29.8 Å². The van der Waals surface area contributed by atoms with Gasteiger partial charge in [0.05, 0.1) is 6.10 Å². The fraction of sp³-hybridized carbons (Fsp3) is 0.300. The first-order valence-electron chi connectivity index (χ1n) is 4.29. The summed E-state index contributed by atoms with van der Waals surface area (Å²) < 4.78 is 5.13. The van der Waals surface area contributed by atoms with Gasteiger partial charge in [-0.2, -0.15) is 0 Å². The average Bonchev–Trinajstić information content (AvgIpc) is 2.15. The second kappa shape index (κ2) is 4.62. The van der Waals surface area contributed by atoms with Gasteiger partial charge in [0.25, 0.3) is 5.91 Å². The van der Waals surface area contributed by atoms with Crippen LogP contribution in [0.25, 0.3) is 0 Å². The highest BCUT2D eigenvalue weighted by Gasteiger charge is 2.08. The van der Waals surface area contributed by atoms with Gasteiger partial charge >= 0.3 is 0 Å². The molecule has 0 spiro atoms. The molecule has 0 aliphatic carbocycles. The number of para-hydroxylation sites is 1. The number of amides is 1. The number of aliphatic hydroxyl groups is 1. The van der Waals surface area contributed by atoms with Gasteiger partial charge in [-0.15, -0.1) is 0 Å². The Hall–Kier alpha value is -1.55. The zero-order valence-electron chi connectivity index (χ0n) is 7.93. The van der Waals surface area contributed by atoms with Gasteiger partial charge in [-0.05, 0) is 13.0 Å². The molecule has 0 unspecified atom stereocenters. The Morgan fingerprint density at radius 2 is 2.21 bits per heavy atom. The molecule has 3 N–H and O–H groups in total. The Morgan fingerprint density at radius 1 is 1.57 bits per heavy atom. The summed E-state index contributed by atoms with van der Waals surface area (Å²) in [5.74, 6) is -0.0494. The fourth-order valence-corrected chi connectivity index (χ4v) is 1.11. The molecule has 14 heavy (non-hydrogen) atoms. The Labute approximate surface area is 82.3 Å². The van der Waals surface area contributed by atoms with Crippen LogP contribution in [0, 0.1) is 0 Å². The van der Waals surface area contributed by atoms with Gasteiger partial charge in [0.15, 0.2) is 6.61 Å². The van der Waals surface area contributed by atoms with E-state index in [2.05, 4.69) is 0 Å². The minimum atomic E-state index is -0.626. The number of primary amides is 1. The molecule has 76 valence electrons. The molecule has 0 aromatic heterocycles. The summed E-state index contributed by atoms with van der Waals surface area (Å²) >= 11 is 0. The van der Waals surface area contributed by atoms with Gasteiger partial charge in [0.2, 0.25) is 0 Å². The van der Waals surface area contributed by atoms with Gasteiger partial charge in [-0.1, -0.05) is 18.2 Å². The van der Waals surface area contributed by atoms with E-state index in [9.17, 15) is 9.90 Å². The number of aliphatic hydroxyl groups excluding tert-OH is 1. The molecule has 0 saturated carbocycles. The average molecular weight is 195 g/mol. The van der Waals surface area contributed by atoms with E-state index in [0.717, 1.165) is 0 Å². The minimum absolute atomic E-state index is 0.177. The second-order valence-corrected chi connectivity index (χ2v) is 2.97. The summed E-state index contributed by atoms with van der Waals surface area (Å²) in [7, 11) is 0. The number of rotatable bonds is 4. The Balaban J connectivity index is 2.79.